The third kappa shape index (κ3) is 4.66. The van der Waals surface area contributed by atoms with Gasteiger partial charge in [0.1, 0.15) is 0 Å². The Bertz CT molecular complexity index is 377. The van der Waals surface area contributed by atoms with E-state index in [4.69, 9.17) is 5.11 Å². The molecule has 0 aromatic heterocycles. The third-order valence-corrected chi connectivity index (χ3v) is 2.78. The van der Waals surface area contributed by atoms with Crippen molar-refractivity contribution in [2.24, 2.45) is 5.41 Å². The number of carbonyl (C=O) groups is 1. The van der Waals surface area contributed by atoms with E-state index in [1.165, 1.54) is 5.56 Å². The first-order valence-electron chi connectivity index (χ1n) is 5.10. The van der Waals surface area contributed by atoms with Crippen molar-refractivity contribution in [3.05, 3.63) is 34.3 Å². The smallest absolute Gasteiger partial charge is 0.404 e. The van der Waals surface area contributed by atoms with E-state index >= 15 is 0 Å². The van der Waals surface area contributed by atoms with Crippen LogP contribution in [0.4, 0.5) is 4.79 Å². The molecule has 0 unspecified atom stereocenters. The van der Waals surface area contributed by atoms with Crippen molar-refractivity contribution in [2.75, 3.05) is 6.54 Å². The van der Waals surface area contributed by atoms with Crippen molar-refractivity contribution in [3.8, 4) is 0 Å². The van der Waals surface area contributed by atoms with Crippen LogP contribution in [-0.4, -0.2) is 17.7 Å². The molecule has 0 saturated heterocycles. The van der Waals surface area contributed by atoms with Crippen molar-refractivity contribution in [1.29, 1.82) is 0 Å². The van der Waals surface area contributed by atoms with Gasteiger partial charge in [-0.3, -0.25) is 0 Å². The highest BCUT2D eigenvalue weighted by Crippen LogP contribution is 2.22. The highest BCUT2D eigenvalue weighted by atomic mass is 79.9. The summed E-state index contributed by atoms with van der Waals surface area (Å²) in [4.78, 5) is 10.4. The molecule has 1 aromatic carbocycles. The van der Waals surface area contributed by atoms with Crippen LogP contribution in [0.5, 0.6) is 0 Å². The average molecular weight is 286 g/mol. The van der Waals surface area contributed by atoms with E-state index in [-0.39, 0.29) is 5.41 Å². The number of nitrogens with one attached hydrogen (secondary N) is 1. The van der Waals surface area contributed by atoms with Crippen LogP contribution < -0.4 is 5.32 Å². The normalized spacial score (nSPS) is 11.2. The van der Waals surface area contributed by atoms with Gasteiger partial charge in [-0.1, -0.05) is 41.9 Å². The Morgan fingerprint density at radius 3 is 2.75 bits per heavy atom. The molecule has 16 heavy (non-hydrogen) atoms. The van der Waals surface area contributed by atoms with E-state index in [9.17, 15) is 4.79 Å². The molecular formula is C12H16BrNO2. The van der Waals surface area contributed by atoms with E-state index in [0.717, 1.165) is 10.9 Å². The standard InChI is InChI=1S/C12H16BrNO2/c1-12(2,8-14-11(15)16)7-9-4-3-5-10(13)6-9/h3-6,14H,7-8H2,1-2H3,(H,15,16). The van der Waals surface area contributed by atoms with Gasteiger partial charge in [-0.15, -0.1) is 0 Å². The van der Waals surface area contributed by atoms with Crippen molar-refractivity contribution in [1.82, 2.24) is 5.32 Å². The van der Waals surface area contributed by atoms with Crippen LogP contribution in [0.15, 0.2) is 28.7 Å². The van der Waals surface area contributed by atoms with Crippen molar-refractivity contribution < 1.29 is 9.90 Å². The van der Waals surface area contributed by atoms with Crippen LogP contribution in [0.25, 0.3) is 0 Å². The number of rotatable bonds is 4. The molecule has 0 aliphatic heterocycles. The lowest BCUT2D eigenvalue weighted by atomic mass is 9.86. The first-order chi connectivity index (χ1) is 7.39. The Hall–Kier alpha value is -1.03. The number of carboxylic acid groups (broad SMARTS) is 1. The van der Waals surface area contributed by atoms with Crippen molar-refractivity contribution >= 4 is 22.0 Å². The molecule has 0 aliphatic carbocycles. The molecule has 3 nitrogen and oxygen atoms in total. The van der Waals surface area contributed by atoms with Gasteiger partial charge in [-0.25, -0.2) is 4.79 Å². The van der Waals surface area contributed by atoms with Gasteiger partial charge < -0.3 is 10.4 Å². The van der Waals surface area contributed by atoms with Crippen LogP contribution in [0.3, 0.4) is 0 Å². The molecule has 0 heterocycles. The van der Waals surface area contributed by atoms with E-state index in [1.54, 1.807) is 0 Å². The molecule has 0 atom stereocenters. The zero-order chi connectivity index (χ0) is 12.2. The quantitative estimate of drug-likeness (QED) is 0.892. The fourth-order valence-corrected chi connectivity index (χ4v) is 2.02. The molecule has 0 aliphatic rings. The molecule has 0 fully saturated rings. The Labute approximate surface area is 104 Å². The largest absolute Gasteiger partial charge is 0.465 e. The van der Waals surface area contributed by atoms with Gasteiger partial charge in [0.2, 0.25) is 0 Å². The Kier molecular flexibility index (Phi) is 4.35. The van der Waals surface area contributed by atoms with Gasteiger partial charge in [0.25, 0.3) is 0 Å². The summed E-state index contributed by atoms with van der Waals surface area (Å²) in [6, 6.07) is 8.07. The van der Waals surface area contributed by atoms with Crippen LogP contribution in [-0.2, 0) is 6.42 Å². The summed E-state index contributed by atoms with van der Waals surface area (Å²) in [6.45, 7) is 4.54. The van der Waals surface area contributed by atoms with Gasteiger partial charge in [-0.05, 0) is 29.5 Å². The molecule has 4 heteroatoms. The monoisotopic (exact) mass is 285 g/mol. The molecule has 1 rings (SSSR count). The topological polar surface area (TPSA) is 49.3 Å². The van der Waals surface area contributed by atoms with Gasteiger partial charge in [0, 0.05) is 11.0 Å². The Morgan fingerprint density at radius 2 is 2.19 bits per heavy atom. The highest BCUT2D eigenvalue weighted by Gasteiger charge is 2.19. The van der Waals surface area contributed by atoms with Crippen LogP contribution in [0, 0.1) is 5.41 Å². The minimum absolute atomic E-state index is 0.0841. The summed E-state index contributed by atoms with van der Waals surface area (Å²) < 4.78 is 1.05. The SMILES string of the molecule is CC(C)(CNC(=O)O)Cc1cccc(Br)c1. The summed E-state index contributed by atoms with van der Waals surface area (Å²) in [5, 5.41) is 11.0. The van der Waals surface area contributed by atoms with Crippen LogP contribution >= 0.6 is 15.9 Å². The lowest BCUT2D eigenvalue weighted by Gasteiger charge is -2.24. The summed E-state index contributed by atoms with van der Waals surface area (Å²) in [7, 11) is 0. The van der Waals surface area contributed by atoms with Crippen LogP contribution in [0.2, 0.25) is 0 Å². The molecular weight excluding hydrogens is 270 g/mol. The molecule has 0 saturated carbocycles. The number of amides is 1. The predicted octanol–water partition coefficient (Wildman–Crippen LogP) is 3.29. The third-order valence-electron chi connectivity index (χ3n) is 2.29. The lowest BCUT2D eigenvalue weighted by Crippen LogP contribution is -2.34. The second-order valence-electron chi connectivity index (χ2n) is 4.63. The number of benzene rings is 1. The zero-order valence-electron chi connectivity index (χ0n) is 9.46. The van der Waals surface area contributed by atoms with Crippen LogP contribution in [0.1, 0.15) is 19.4 Å². The molecule has 1 amide bonds. The van der Waals surface area contributed by atoms with Gasteiger partial charge in [0.15, 0.2) is 0 Å². The first-order valence-corrected chi connectivity index (χ1v) is 5.90. The minimum Gasteiger partial charge on any atom is -0.465 e. The number of halogens is 1. The predicted molar refractivity (Wildman–Crippen MR) is 67.7 cm³/mol. The van der Waals surface area contributed by atoms with Gasteiger partial charge in [-0.2, -0.15) is 0 Å². The molecule has 0 spiro atoms. The highest BCUT2D eigenvalue weighted by molar-refractivity contribution is 9.10. The van der Waals surface area contributed by atoms with E-state index in [0.29, 0.717) is 6.54 Å². The van der Waals surface area contributed by atoms with Gasteiger partial charge in [0.05, 0.1) is 0 Å². The van der Waals surface area contributed by atoms with E-state index < -0.39 is 6.09 Å². The molecule has 1 aromatic rings. The second-order valence-corrected chi connectivity index (χ2v) is 5.55. The fourth-order valence-electron chi connectivity index (χ4n) is 1.58. The average Bonchev–Trinajstić information content (AvgIpc) is 2.14. The Morgan fingerprint density at radius 1 is 1.50 bits per heavy atom. The Balaban J connectivity index is 2.61. The maximum atomic E-state index is 10.4. The molecule has 0 radical (unpaired) electrons. The van der Waals surface area contributed by atoms with Gasteiger partial charge >= 0.3 is 6.09 Å². The zero-order valence-corrected chi connectivity index (χ0v) is 11.0. The summed E-state index contributed by atoms with van der Waals surface area (Å²) in [5.41, 5.74) is 1.12. The maximum Gasteiger partial charge on any atom is 0.404 e. The molecule has 88 valence electrons. The maximum absolute atomic E-state index is 10.4. The van der Waals surface area contributed by atoms with Crippen molar-refractivity contribution in [3.63, 3.8) is 0 Å². The fraction of sp³-hybridized carbons (Fsp3) is 0.417. The van der Waals surface area contributed by atoms with E-state index in [2.05, 4.69) is 27.3 Å². The number of hydrogen-bond acceptors (Lipinski definition) is 1. The summed E-state index contributed by atoms with van der Waals surface area (Å²) in [6.07, 6.45) is -0.130. The van der Waals surface area contributed by atoms with Crippen molar-refractivity contribution in [2.45, 2.75) is 20.3 Å². The first kappa shape index (κ1) is 13.0. The summed E-state index contributed by atoms with van der Waals surface area (Å²) >= 11 is 3.42. The molecule has 2 N–H and O–H groups in total. The minimum atomic E-state index is -0.970. The summed E-state index contributed by atoms with van der Waals surface area (Å²) in [5.74, 6) is 0. The number of hydrogen-bond donors (Lipinski definition) is 2. The molecule has 0 bridgehead atoms. The lowest BCUT2D eigenvalue weighted by molar-refractivity contribution is 0.187. The second kappa shape index (κ2) is 5.34. The van der Waals surface area contributed by atoms with E-state index in [1.807, 2.05) is 32.0 Å².